The average Bonchev–Trinajstić information content (AvgIpc) is 3.50. The van der Waals surface area contributed by atoms with Gasteiger partial charge in [-0.15, -0.1) is 0 Å². The molecule has 3 aromatic rings. The molecule has 2 aromatic carbocycles. The topological polar surface area (TPSA) is 53.5 Å². The Morgan fingerprint density at radius 1 is 0.970 bits per heavy atom. The van der Waals surface area contributed by atoms with E-state index >= 15 is 0 Å². The van der Waals surface area contributed by atoms with Crippen molar-refractivity contribution in [2.75, 3.05) is 18.1 Å². The average molecular weight is 474 g/mol. The Kier molecular flexibility index (Phi) is 5.21. The molecule has 0 bridgehead atoms. The summed E-state index contributed by atoms with van der Waals surface area (Å²) in [4.78, 5) is 8.06. The first-order valence-electron chi connectivity index (χ1n) is 10.6. The lowest BCUT2D eigenvalue weighted by Gasteiger charge is -2.24. The van der Waals surface area contributed by atoms with Gasteiger partial charge in [-0.3, -0.25) is 9.88 Å². The van der Waals surface area contributed by atoms with Gasteiger partial charge >= 0.3 is 5.51 Å². The van der Waals surface area contributed by atoms with E-state index in [0.717, 1.165) is 54.8 Å². The van der Waals surface area contributed by atoms with Crippen molar-refractivity contribution in [1.29, 1.82) is 0 Å². The van der Waals surface area contributed by atoms with Crippen LogP contribution in [0.2, 0.25) is 0 Å². The van der Waals surface area contributed by atoms with Crippen LogP contribution in [0.5, 0.6) is 0 Å². The minimum atomic E-state index is -5.34. The summed E-state index contributed by atoms with van der Waals surface area (Å²) in [5.74, 6) is 0. The van der Waals surface area contributed by atoms with E-state index in [-0.39, 0.29) is 5.54 Å². The standard InChI is InChI=1S/C24H22F3N3O2S/c25-24(26,27)33(31,32)21-8-6-20(7-9-21)29-16-23(11-12-23)30(17-29)15-19-10-13-28-14-22(19)18-4-2-1-3-5-18/h1-10,13-14H,11-12,15-17H2. The third-order valence-corrected chi connectivity index (χ3v) is 8.00. The smallest absolute Gasteiger partial charge is 0.357 e. The fourth-order valence-electron chi connectivity index (χ4n) is 4.48. The van der Waals surface area contributed by atoms with Gasteiger partial charge in [-0.25, -0.2) is 8.42 Å². The number of rotatable bonds is 5. The summed E-state index contributed by atoms with van der Waals surface area (Å²) >= 11 is 0. The molecule has 1 spiro atoms. The molecule has 9 heteroatoms. The van der Waals surface area contributed by atoms with Crippen LogP contribution in [0.4, 0.5) is 18.9 Å². The highest BCUT2D eigenvalue weighted by Crippen LogP contribution is 2.48. The maximum absolute atomic E-state index is 12.8. The van der Waals surface area contributed by atoms with Gasteiger partial charge in [-0.05, 0) is 54.3 Å². The molecule has 0 atom stereocenters. The molecule has 0 N–H and O–H groups in total. The molecular formula is C24H22F3N3O2S. The summed E-state index contributed by atoms with van der Waals surface area (Å²) in [7, 11) is -5.34. The summed E-state index contributed by atoms with van der Waals surface area (Å²) in [5.41, 5.74) is -1.22. The van der Waals surface area contributed by atoms with Crippen molar-refractivity contribution in [3.8, 4) is 11.1 Å². The predicted molar refractivity (Wildman–Crippen MR) is 119 cm³/mol. The van der Waals surface area contributed by atoms with E-state index in [1.807, 2.05) is 30.5 Å². The third-order valence-electron chi connectivity index (χ3n) is 6.50. The van der Waals surface area contributed by atoms with Gasteiger partial charge in [-0.1, -0.05) is 30.3 Å². The van der Waals surface area contributed by atoms with E-state index < -0.39 is 20.2 Å². The number of benzene rings is 2. The Balaban J connectivity index is 1.37. The molecule has 2 fully saturated rings. The quantitative estimate of drug-likeness (QED) is 0.530. The van der Waals surface area contributed by atoms with Crippen molar-refractivity contribution in [2.45, 2.75) is 35.3 Å². The Hall–Kier alpha value is -2.91. The highest BCUT2D eigenvalue weighted by atomic mass is 32.2. The van der Waals surface area contributed by atoms with Crippen molar-refractivity contribution in [2.24, 2.45) is 0 Å². The molecule has 1 saturated heterocycles. The lowest BCUT2D eigenvalue weighted by Crippen LogP contribution is -2.32. The molecule has 2 heterocycles. The highest BCUT2D eigenvalue weighted by molar-refractivity contribution is 7.92. The van der Waals surface area contributed by atoms with E-state index in [0.29, 0.717) is 12.4 Å². The number of anilines is 1. The van der Waals surface area contributed by atoms with Crippen molar-refractivity contribution in [3.63, 3.8) is 0 Å². The highest BCUT2D eigenvalue weighted by Gasteiger charge is 2.53. The lowest BCUT2D eigenvalue weighted by atomic mass is 10.0. The van der Waals surface area contributed by atoms with E-state index in [4.69, 9.17) is 0 Å². The summed E-state index contributed by atoms with van der Waals surface area (Å²) in [6.07, 6.45) is 5.76. The molecule has 1 saturated carbocycles. The van der Waals surface area contributed by atoms with Gasteiger partial charge in [0, 0.05) is 42.3 Å². The van der Waals surface area contributed by atoms with Gasteiger partial charge < -0.3 is 4.90 Å². The van der Waals surface area contributed by atoms with Crippen LogP contribution in [-0.2, 0) is 16.4 Å². The SMILES string of the molecule is O=S(=O)(c1ccc(N2CN(Cc3ccncc3-c3ccccc3)C3(CC3)C2)cc1)C(F)(F)F. The second-order valence-corrected chi connectivity index (χ2v) is 10.5. The molecule has 1 aromatic heterocycles. The summed E-state index contributed by atoms with van der Waals surface area (Å²) in [6.45, 7) is 2.09. The first-order chi connectivity index (χ1) is 15.7. The van der Waals surface area contributed by atoms with Crippen LogP contribution in [0, 0.1) is 0 Å². The summed E-state index contributed by atoms with van der Waals surface area (Å²) in [5, 5.41) is 0. The molecule has 0 amide bonds. The molecule has 2 aliphatic rings. The molecule has 1 aliphatic heterocycles. The van der Waals surface area contributed by atoms with Gasteiger partial charge in [0.25, 0.3) is 9.84 Å². The van der Waals surface area contributed by atoms with E-state index in [1.165, 1.54) is 12.1 Å². The molecule has 1 aliphatic carbocycles. The van der Waals surface area contributed by atoms with Crippen LogP contribution < -0.4 is 4.90 Å². The molecule has 172 valence electrons. The molecule has 33 heavy (non-hydrogen) atoms. The zero-order valence-corrected chi connectivity index (χ0v) is 18.5. The zero-order chi connectivity index (χ0) is 23.3. The zero-order valence-electron chi connectivity index (χ0n) is 17.7. The summed E-state index contributed by atoms with van der Waals surface area (Å²) in [6, 6.07) is 17.1. The van der Waals surface area contributed by atoms with Gasteiger partial charge in [0.2, 0.25) is 0 Å². The first-order valence-corrected chi connectivity index (χ1v) is 12.1. The number of hydrogen-bond donors (Lipinski definition) is 0. The number of aromatic nitrogens is 1. The minimum absolute atomic E-state index is 0.0357. The number of alkyl halides is 3. The van der Waals surface area contributed by atoms with E-state index in [1.54, 1.807) is 6.20 Å². The van der Waals surface area contributed by atoms with Crippen molar-refractivity contribution >= 4 is 15.5 Å². The number of pyridine rings is 1. The predicted octanol–water partition coefficient (Wildman–Crippen LogP) is 4.85. The van der Waals surface area contributed by atoms with Crippen LogP contribution in [0.1, 0.15) is 18.4 Å². The van der Waals surface area contributed by atoms with Gasteiger partial charge in [-0.2, -0.15) is 13.2 Å². The second-order valence-electron chi connectivity index (χ2n) is 8.60. The van der Waals surface area contributed by atoms with E-state index in [2.05, 4.69) is 26.9 Å². The van der Waals surface area contributed by atoms with Crippen molar-refractivity contribution in [3.05, 3.63) is 78.6 Å². The van der Waals surface area contributed by atoms with E-state index in [9.17, 15) is 21.6 Å². The normalized spacial score (nSPS) is 18.1. The molecule has 0 radical (unpaired) electrons. The summed E-state index contributed by atoms with van der Waals surface area (Å²) < 4.78 is 61.8. The van der Waals surface area contributed by atoms with Gasteiger partial charge in [0.05, 0.1) is 11.6 Å². The van der Waals surface area contributed by atoms with Crippen LogP contribution in [0.15, 0.2) is 78.0 Å². The maximum atomic E-state index is 12.8. The fraction of sp³-hybridized carbons (Fsp3) is 0.292. The Labute approximate surface area is 190 Å². The fourth-order valence-corrected chi connectivity index (χ4v) is 5.25. The van der Waals surface area contributed by atoms with Crippen LogP contribution in [0.25, 0.3) is 11.1 Å². The van der Waals surface area contributed by atoms with Crippen LogP contribution in [-0.4, -0.2) is 42.6 Å². The molecule has 5 nitrogen and oxygen atoms in total. The van der Waals surface area contributed by atoms with Crippen LogP contribution in [0.3, 0.4) is 0 Å². The number of sulfone groups is 1. The van der Waals surface area contributed by atoms with Crippen molar-refractivity contribution < 1.29 is 21.6 Å². The number of halogens is 3. The molecular weight excluding hydrogens is 451 g/mol. The molecule has 5 rings (SSSR count). The Bertz CT molecular complexity index is 1260. The lowest BCUT2D eigenvalue weighted by molar-refractivity contribution is -0.0436. The Morgan fingerprint density at radius 2 is 1.67 bits per heavy atom. The largest absolute Gasteiger partial charge is 0.501 e. The first kappa shape index (κ1) is 21.9. The van der Waals surface area contributed by atoms with Gasteiger partial charge in [0.15, 0.2) is 0 Å². The third kappa shape index (κ3) is 4.00. The van der Waals surface area contributed by atoms with Crippen molar-refractivity contribution in [1.82, 2.24) is 9.88 Å². The number of nitrogens with zero attached hydrogens (tertiary/aromatic N) is 3. The maximum Gasteiger partial charge on any atom is 0.501 e. The number of hydrogen-bond acceptors (Lipinski definition) is 5. The Morgan fingerprint density at radius 3 is 2.30 bits per heavy atom. The second kappa shape index (κ2) is 7.85. The monoisotopic (exact) mass is 473 g/mol. The molecule has 0 unspecified atom stereocenters. The van der Waals surface area contributed by atoms with Crippen LogP contribution >= 0.6 is 0 Å². The minimum Gasteiger partial charge on any atom is -0.357 e. The van der Waals surface area contributed by atoms with Gasteiger partial charge in [0.1, 0.15) is 0 Å².